The molecule has 2 nitrogen and oxygen atoms in total. The van der Waals surface area contributed by atoms with Crippen LogP contribution in [0.25, 0.3) is 0 Å². The number of hydrogen-bond donors (Lipinski definition) is 1. The number of ether oxygens (including phenoxy) is 1. The molecule has 1 atom stereocenters. The quantitative estimate of drug-likeness (QED) is 0.626. The van der Waals surface area contributed by atoms with Crippen molar-refractivity contribution in [3.05, 3.63) is 0 Å². The molecule has 0 heterocycles. The van der Waals surface area contributed by atoms with Gasteiger partial charge in [0.15, 0.2) is 0 Å². The Kier molecular flexibility index (Phi) is 5.07. The van der Waals surface area contributed by atoms with E-state index in [-0.39, 0.29) is 0 Å². The van der Waals surface area contributed by atoms with Gasteiger partial charge < -0.3 is 10.1 Å². The molecule has 1 saturated carbocycles. The SMILES string of the molecule is CC(C)CCOCCNCC1CC1(C)C. The van der Waals surface area contributed by atoms with E-state index in [4.69, 9.17) is 4.74 Å². The number of hydrogen-bond acceptors (Lipinski definition) is 2. The van der Waals surface area contributed by atoms with Gasteiger partial charge >= 0.3 is 0 Å². The molecule has 2 heteroatoms. The van der Waals surface area contributed by atoms with E-state index in [0.29, 0.717) is 5.41 Å². The van der Waals surface area contributed by atoms with Gasteiger partial charge in [-0.25, -0.2) is 0 Å². The van der Waals surface area contributed by atoms with Crippen molar-refractivity contribution in [1.82, 2.24) is 5.32 Å². The lowest BCUT2D eigenvalue weighted by Crippen LogP contribution is -2.23. The van der Waals surface area contributed by atoms with Crippen LogP contribution in [0.1, 0.15) is 40.5 Å². The molecule has 0 aromatic carbocycles. The predicted molar refractivity (Wildman–Crippen MR) is 65.0 cm³/mol. The van der Waals surface area contributed by atoms with Crippen molar-refractivity contribution < 1.29 is 4.74 Å². The van der Waals surface area contributed by atoms with Crippen LogP contribution >= 0.6 is 0 Å². The normalized spacial score (nSPS) is 23.4. The van der Waals surface area contributed by atoms with E-state index in [1.165, 1.54) is 19.4 Å². The van der Waals surface area contributed by atoms with Gasteiger partial charge in [0.2, 0.25) is 0 Å². The Hall–Kier alpha value is -0.0800. The third kappa shape index (κ3) is 5.53. The fourth-order valence-corrected chi connectivity index (χ4v) is 1.77. The first-order chi connectivity index (χ1) is 7.02. The fourth-order valence-electron chi connectivity index (χ4n) is 1.77. The summed E-state index contributed by atoms with van der Waals surface area (Å²) in [4.78, 5) is 0. The molecule has 0 radical (unpaired) electrons. The van der Waals surface area contributed by atoms with Gasteiger partial charge in [-0.05, 0) is 36.6 Å². The Morgan fingerprint density at radius 2 is 2.00 bits per heavy atom. The zero-order valence-corrected chi connectivity index (χ0v) is 10.8. The van der Waals surface area contributed by atoms with E-state index >= 15 is 0 Å². The summed E-state index contributed by atoms with van der Waals surface area (Å²) in [6.07, 6.45) is 2.56. The van der Waals surface area contributed by atoms with E-state index in [2.05, 4.69) is 33.0 Å². The van der Waals surface area contributed by atoms with Crippen molar-refractivity contribution in [2.45, 2.75) is 40.5 Å². The van der Waals surface area contributed by atoms with Crippen LogP contribution in [0.2, 0.25) is 0 Å². The summed E-state index contributed by atoms with van der Waals surface area (Å²) in [5.41, 5.74) is 0.603. The molecule has 0 amide bonds. The van der Waals surface area contributed by atoms with Gasteiger partial charge in [0.1, 0.15) is 0 Å². The van der Waals surface area contributed by atoms with E-state index < -0.39 is 0 Å². The van der Waals surface area contributed by atoms with Crippen molar-refractivity contribution in [3.8, 4) is 0 Å². The first kappa shape index (κ1) is 13.0. The van der Waals surface area contributed by atoms with Gasteiger partial charge in [-0.1, -0.05) is 27.7 Å². The molecule has 0 bridgehead atoms. The van der Waals surface area contributed by atoms with Crippen molar-refractivity contribution >= 4 is 0 Å². The second kappa shape index (κ2) is 5.86. The summed E-state index contributed by atoms with van der Waals surface area (Å²) in [6, 6.07) is 0. The van der Waals surface area contributed by atoms with E-state index in [1.807, 2.05) is 0 Å². The topological polar surface area (TPSA) is 21.3 Å². The minimum atomic E-state index is 0.603. The molecule has 0 aromatic heterocycles. The highest BCUT2D eigenvalue weighted by atomic mass is 16.5. The number of nitrogens with one attached hydrogen (secondary N) is 1. The van der Waals surface area contributed by atoms with Crippen LogP contribution in [0.15, 0.2) is 0 Å². The maximum Gasteiger partial charge on any atom is 0.0590 e. The standard InChI is InChI=1S/C13H27NO/c1-11(2)5-7-15-8-6-14-10-12-9-13(12,3)4/h11-12,14H,5-10H2,1-4H3. The zero-order chi connectivity index (χ0) is 11.3. The predicted octanol–water partition coefficient (Wildman–Crippen LogP) is 2.68. The fraction of sp³-hybridized carbons (Fsp3) is 1.00. The van der Waals surface area contributed by atoms with Gasteiger partial charge in [0.25, 0.3) is 0 Å². The second-order valence-corrected chi connectivity index (χ2v) is 5.89. The highest BCUT2D eigenvalue weighted by molar-refractivity contribution is 4.95. The summed E-state index contributed by atoms with van der Waals surface area (Å²) >= 11 is 0. The molecular formula is C13H27NO. The molecule has 0 spiro atoms. The molecule has 0 saturated heterocycles. The lowest BCUT2D eigenvalue weighted by Gasteiger charge is -2.08. The Morgan fingerprint density at radius 1 is 1.33 bits per heavy atom. The first-order valence-corrected chi connectivity index (χ1v) is 6.31. The van der Waals surface area contributed by atoms with Gasteiger partial charge in [-0.2, -0.15) is 0 Å². The van der Waals surface area contributed by atoms with Crippen molar-refractivity contribution in [2.24, 2.45) is 17.3 Å². The first-order valence-electron chi connectivity index (χ1n) is 6.31. The third-order valence-electron chi connectivity index (χ3n) is 3.37. The molecule has 1 rings (SSSR count). The Labute approximate surface area is 94.8 Å². The van der Waals surface area contributed by atoms with Crippen LogP contribution in [0.5, 0.6) is 0 Å². The van der Waals surface area contributed by atoms with Crippen LogP contribution in [-0.2, 0) is 4.74 Å². The third-order valence-corrected chi connectivity index (χ3v) is 3.37. The maximum atomic E-state index is 5.54. The lowest BCUT2D eigenvalue weighted by atomic mass is 10.1. The molecular weight excluding hydrogens is 186 g/mol. The molecule has 1 unspecified atom stereocenters. The highest BCUT2D eigenvalue weighted by Gasteiger charge is 2.44. The van der Waals surface area contributed by atoms with Crippen molar-refractivity contribution in [1.29, 1.82) is 0 Å². The van der Waals surface area contributed by atoms with Crippen molar-refractivity contribution in [3.63, 3.8) is 0 Å². The van der Waals surface area contributed by atoms with Crippen molar-refractivity contribution in [2.75, 3.05) is 26.3 Å². The summed E-state index contributed by atoms with van der Waals surface area (Å²) in [5.74, 6) is 1.65. The largest absolute Gasteiger partial charge is 0.380 e. The average molecular weight is 213 g/mol. The molecule has 15 heavy (non-hydrogen) atoms. The van der Waals surface area contributed by atoms with Gasteiger partial charge in [-0.15, -0.1) is 0 Å². The molecule has 90 valence electrons. The van der Waals surface area contributed by atoms with Crippen LogP contribution in [0.3, 0.4) is 0 Å². The van der Waals surface area contributed by atoms with E-state index in [0.717, 1.165) is 31.6 Å². The smallest absolute Gasteiger partial charge is 0.0590 e. The van der Waals surface area contributed by atoms with Crippen LogP contribution in [0, 0.1) is 17.3 Å². The van der Waals surface area contributed by atoms with Crippen LogP contribution in [-0.4, -0.2) is 26.3 Å². The lowest BCUT2D eigenvalue weighted by molar-refractivity contribution is 0.125. The summed E-state index contributed by atoms with van der Waals surface area (Å²) in [5, 5.41) is 3.47. The molecule has 0 aromatic rings. The summed E-state index contributed by atoms with van der Waals surface area (Å²) < 4.78 is 5.54. The van der Waals surface area contributed by atoms with Crippen LogP contribution < -0.4 is 5.32 Å². The minimum Gasteiger partial charge on any atom is -0.380 e. The second-order valence-electron chi connectivity index (χ2n) is 5.89. The highest BCUT2D eigenvalue weighted by Crippen LogP contribution is 2.50. The Morgan fingerprint density at radius 3 is 2.53 bits per heavy atom. The molecule has 1 aliphatic rings. The van der Waals surface area contributed by atoms with Gasteiger partial charge in [0, 0.05) is 13.2 Å². The summed E-state index contributed by atoms with van der Waals surface area (Å²) in [6.45, 7) is 13.1. The van der Waals surface area contributed by atoms with Gasteiger partial charge in [-0.3, -0.25) is 0 Å². The zero-order valence-electron chi connectivity index (χ0n) is 10.8. The molecule has 1 N–H and O–H groups in total. The Balaban J connectivity index is 1.78. The number of rotatable bonds is 8. The minimum absolute atomic E-state index is 0.603. The Bertz CT molecular complexity index is 177. The molecule has 1 aliphatic carbocycles. The maximum absolute atomic E-state index is 5.54. The molecule has 0 aliphatic heterocycles. The summed E-state index contributed by atoms with van der Waals surface area (Å²) in [7, 11) is 0. The van der Waals surface area contributed by atoms with Gasteiger partial charge in [0.05, 0.1) is 6.61 Å². The molecule has 1 fully saturated rings. The van der Waals surface area contributed by atoms with E-state index in [1.54, 1.807) is 0 Å². The average Bonchev–Trinajstić information content (AvgIpc) is 2.72. The van der Waals surface area contributed by atoms with E-state index in [9.17, 15) is 0 Å². The monoisotopic (exact) mass is 213 g/mol. The van der Waals surface area contributed by atoms with Crippen LogP contribution in [0.4, 0.5) is 0 Å².